The standard InChI is InChI=1S/C13H19NO2/c1-14-8-13(15)11-3-2-4-12(7-11)16-9-10-5-6-10/h2-4,7,10,13-15H,5-6,8-9H2,1H3. The highest BCUT2D eigenvalue weighted by atomic mass is 16.5. The van der Waals surface area contributed by atoms with E-state index in [4.69, 9.17) is 4.74 Å². The van der Waals surface area contributed by atoms with Gasteiger partial charge in [-0.2, -0.15) is 0 Å². The quantitative estimate of drug-likeness (QED) is 0.768. The molecule has 88 valence electrons. The Morgan fingerprint density at radius 1 is 1.50 bits per heavy atom. The number of nitrogens with one attached hydrogen (secondary N) is 1. The predicted molar refractivity (Wildman–Crippen MR) is 63.5 cm³/mol. The third-order valence-corrected chi connectivity index (χ3v) is 2.82. The van der Waals surface area contributed by atoms with Crippen molar-refractivity contribution in [1.29, 1.82) is 0 Å². The number of likely N-dealkylation sites (N-methyl/N-ethyl adjacent to an activating group) is 1. The zero-order valence-electron chi connectivity index (χ0n) is 9.65. The van der Waals surface area contributed by atoms with Crippen molar-refractivity contribution in [2.45, 2.75) is 18.9 Å². The Bertz CT molecular complexity index is 336. The molecule has 2 N–H and O–H groups in total. The molecule has 3 heteroatoms. The SMILES string of the molecule is CNCC(O)c1cccc(OCC2CC2)c1. The summed E-state index contributed by atoms with van der Waals surface area (Å²) in [5, 5.41) is 12.8. The van der Waals surface area contributed by atoms with Crippen molar-refractivity contribution in [3.8, 4) is 5.75 Å². The average Bonchev–Trinajstić information content (AvgIpc) is 3.11. The molecule has 0 radical (unpaired) electrons. The van der Waals surface area contributed by atoms with Crippen molar-refractivity contribution in [3.63, 3.8) is 0 Å². The van der Waals surface area contributed by atoms with Gasteiger partial charge in [0.2, 0.25) is 0 Å². The Morgan fingerprint density at radius 3 is 3.00 bits per heavy atom. The van der Waals surface area contributed by atoms with E-state index in [9.17, 15) is 5.11 Å². The van der Waals surface area contributed by atoms with Crippen molar-refractivity contribution < 1.29 is 9.84 Å². The van der Waals surface area contributed by atoms with Gasteiger partial charge in [-0.05, 0) is 43.5 Å². The minimum atomic E-state index is -0.463. The molecule has 0 aliphatic heterocycles. The van der Waals surface area contributed by atoms with Gasteiger partial charge in [-0.15, -0.1) is 0 Å². The summed E-state index contributed by atoms with van der Waals surface area (Å²) in [6.07, 6.45) is 2.12. The van der Waals surface area contributed by atoms with Crippen LogP contribution in [0.1, 0.15) is 24.5 Å². The smallest absolute Gasteiger partial charge is 0.119 e. The van der Waals surface area contributed by atoms with Gasteiger partial charge in [0.05, 0.1) is 12.7 Å². The van der Waals surface area contributed by atoms with Crippen LogP contribution in [0, 0.1) is 5.92 Å². The fraction of sp³-hybridized carbons (Fsp3) is 0.538. The van der Waals surface area contributed by atoms with Gasteiger partial charge in [-0.1, -0.05) is 12.1 Å². The molecule has 1 saturated carbocycles. The third-order valence-electron chi connectivity index (χ3n) is 2.82. The second kappa shape index (κ2) is 5.32. The van der Waals surface area contributed by atoms with Gasteiger partial charge in [-0.25, -0.2) is 0 Å². The number of hydrogen-bond acceptors (Lipinski definition) is 3. The number of aliphatic hydroxyl groups is 1. The van der Waals surface area contributed by atoms with E-state index < -0.39 is 6.10 Å². The molecule has 3 nitrogen and oxygen atoms in total. The van der Waals surface area contributed by atoms with Gasteiger partial charge in [0.25, 0.3) is 0 Å². The van der Waals surface area contributed by atoms with E-state index in [1.54, 1.807) is 0 Å². The minimum Gasteiger partial charge on any atom is -0.493 e. The molecule has 0 heterocycles. The van der Waals surface area contributed by atoms with E-state index >= 15 is 0 Å². The van der Waals surface area contributed by atoms with Crippen LogP contribution < -0.4 is 10.1 Å². The van der Waals surface area contributed by atoms with Gasteiger partial charge in [0, 0.05) is 6.54 Å². The van der Waals surface area contributed by atoms with Crippen LogP contribution in [0.5, 0.6) is 5.75 Å². The number of rotatable bonds is 6. The van der Waals surface area contributed by atoms with Crippen LogP contribution in [-0.4, -0.2) is 25.3 Å². The summed E-state index contributed by atoms with van der Waals surface area (Å²) >= 11 is 0. The second-order valence-corrected chi connectivity index (χ2v) is 4.40. The Hall–Kier alpha value is -1.06. The van der Waals surface area contributed by atoms with E-state index in [1.807, 2.05) is 31.3 Å². The topological polar surface area (TPSA) is 41.5 Å². The van der Waals surface area contributed by atoms with Crippen LogP contribution in [0.25, 0.3) is 0 Å². The highest BCUT2D eigenvalue weighted by Gasteiger charge is 2.21. The summed E-state index contributed by atoms with van der Waals surface area (Å²) in [5.74, 6) is 1.62. The number of aliphatic hydroxyl groups excluding tert-OH is 1. The van der Waals surface area contributed by atoms with Crippen molar-refractivity contribution in [2.24, 2.45) is 5.92 Å². The van der Waals surface area contributed by atoms with Crippen LogP contribution in [0.2, 0.25) is 0 Å². The van der Waals surface area contributed by atoms with Crippen LogP contribution in [0.3, 0.4) is 0 Å². The molecule has 1 aromatic rings. The first-order chi connectivity index (χ1) is 7.79. The first-order valence-corrected chi connectivity index (χ1v) is 5.85. The molecular formula is C13H19NO2. The van der Waals surface area contributed by atoms with Gasteiger partial charge < -0.3 is 15.2 Å². The first kappa shape index (κ1) is 11.4. The maximum atomic E-state index is 9.82. The van der Waals surface area contributed by atoms with Crippen molar-refractivity contribution in [2.75, 3.05) is 20.2 Å². The van der Waals surface area contributed by atoms with Crippen molar-refractivity contribution in [3.05, 3.63) is 29.8 Å². The first-order valence-electron chi connectivity index (χ1n) is 5.85. The zero-order valence-corrected chi connectivity index (χ0v) is 9.65. The number of benzene rings is 1. The van der Waals surface area contributed by atoms with Gasteiger partial charge in [-0.3, -0.25) is 0 Å². The fourth-order valence-electron chi connectivity index (χ4n) is 1.62. The average molecular weight is 221 g/mol. The Morgan fingerprint density at radius 2 is 2.31 bits per heavy atom. The van der Waals surface area contributed by atoms with Gasteiger partial charge >= 0.3 is 0 Å². The minimum absolute atomic E-state index is 0.463. The molecule has 1 aromatic carbocycles. The predicted octanol–water partition coefficient (Wildman–Crippen LogP) is 1.73. The molecule has 0 spiro atoms. The third kappa shape index (κ3) is 3.22. The number of hydrogen-bond donors (Lipinski definition) is 2. The Kier molecular flexibility index (Phi) is 3.80. The van der Waals surface area contributed by atoms with Gasteiger partial charge in [0.15, 0.2) is 0 Å². The summed E-state index contributed by atoms with van der Waals surface area (Å²) in [6.45, 7) is 1.37. The maximum Gasteiger partial charge on any atom is 0.119 e. The van der Waals surface area contributed by atoms with Gasteiger partial charge in [0.1, 0.15) is 5.75 Å². The summed E-state index contributed by atoms with van der Waals surface area (Å²) in [5.41, 5.74) is 0.905. The largest absolute Gasteiger partial charge is 0.493 e. The van der Waals surface area contributed by atoms with E-state index in [-0.39, 0.29) is 0 Å². The van der Waals surface area contributed by atoms with E-state index in [1.165, 1.54) is 12.8 Å². The Balaban J connectivity index is 1.94. The molecule has 1 fully saturated rings. The molecule has 1 atom stereocenters. The fourth-order valence-corrected chi connectivity index (χ4v) is 1.62. The molecule has 0 amide bonds. The number of ether oxygens (including phenoxy) is 1. The van der Waals surface area contributed by atoms with Crippen LogP contribution >= 0.6 is 0 Å². The van der Waals surface area contributed by atoms with E-state index in [0.717, 1.165) is 23.8 Å². The molecule has 1 aliphatic rings. The van der Waals surface area contributed by atoms with Crippen LogP contribution in [-0.2, 0) is 0 Å². The lowest BCUT2D eigenvalue weighted by Crippen LogP contribution is -2.16. The molecule has 0 saturated heterocycles. The molecule has 16 heavy (non-hydrogen) atoms. The monoisotopic (exact) mass is 221 g/mol. The highest BCUT2D eigenvalue weighted by molar-refractivity contribution is 5.30. The molecule has 1 unspecified atom stereocenters. The highest BCUT2D eigenvalue weighted by Crippen LogP contribution is 2.30. The molecule has 1 aliphatic carbocycles. The summed E-state index contributed by atoms with van der Waals surface area (Å²) < 4.78 is 5.67. The summed E-state index contributed by atoms with van der Waals surface area (Å²) in [7, 11) is 1.83. The zero-order chi connectivity index (χ0) is 11.4. The van der Waals surface area contributed by atoms with Crippen LogP contribution in [0.4, 0.5) is 0 Å². The van der Waals surface area contributed by atoms with Crippen molar-refractivity contribution in [1.82, 2.24) is 5.32 Å². The van der Waals surface area contributed by atoms with Crippen LogP contribution in [0.15, 0.2) is 24.3 Å². The lowest BCUT2D eigenvalue weighted by atomic mass is 10.1. The normalized spacial score (nSPS) is 17.1. The molecule has 0 aromatic heterocycles. The lowest BCUT2D eigenvalue weighted by Gasteiger charge is -2.12. The summed E-state index contributed by atoms with van der Waals surface area (Å²) in [6, 6.07) is 7.71. The lowest BCUT2D eigenvalue weighted by molar-refractivity contribution is 0.177. The Labute approximate surface area is 96.4 Å². The van der Waals surface area contributed by atoms with Crippen molar-refractivity contribution >= 4 is 0 Å². The molecule has 0 bridgehead atoms. The summed E-state index contributed by atoms with van der Waals surface area (Å²) in [4.78, 5) is 0. The maximum absolute atomic E-state index is 9.82. The van der Waals surface area contributed by atoms with E-state index in [2.05, 4.69) is 5.32 Å². The molecular weight excluding hydrogens is 202 g/mol. The van der Waals surface area contributed by atoms with E-state index in [0.29, 0.717) is 6.54 Å². The molecule has 2 rings (SSSR count). The second-order valence-electron chi connectivity index (χ2n) is 4.40.